The molecule has 0 spiro atoms. The van der Waals surface area contributed by atoms with E-state index >= 15 is 0 Å². The normalized spacial score (nSPS) is 12.8. The topological polar surface area (TPSA) is 55.1 Å². The van der Waals surface area contributed by atoms with Crippen LogP contribution < -0.4 is 0 Å². The summed E-state index contributed by atoms with van der Waals surface area (Å²) in [7, 11) is 0. The minimum Gasteiger partial charge on any atom is -0.477 e. The molecular weight excluding hydrogens is 308 g/mol. The number of aromatic nitrogens is 2. The van der Waals surface area contributed by atoms with Crippen LogP contribution in [0.25, 0.3) is 16.1 Å². The third-order valence-electron chi connectivity index (χ3n) is 4.31. The quantitative estimate of drug-likeness (QED) is 0.775. The Morgan fingerprint density at radius 2 is 1.96 bits per heavy atom. The number of carboxylic acid groups (broad SMARTS) is 1. The molecule has 0 amide bonds. The number of thiophene rings is 1. The number of carbonyl (C=O) groups is 1. The molecular formula is C18H16N2O2S. The minimum absolute atomic E-state index is 0.408. The number of rotatable bonds is 2. The molecule has 5 heteroatoms. The maximum Gasteiger partial charge on any atom is 0.345 e. The van der Waals surface area contributed by atoms with Crippen molar-refractivity contribution in [2.75, 3.05) is 0 Å². The van der Waals surface area contributed by atoms with Crippen molar-refractivity contribution >= 4 is 17.3 Å². The smallest absolute Gasteiger partial charge is 0.345 e. The van der Waals surface area contributed by atoms with Gasteiger partial charge in [0.25, 0.3) is 0 Å². The summed E-state index contributed by atoms with van der Waals surface area (Å²) in [4.78, 5) is 12.7. The lowest BCUT2D eigenvalue weighted by Crippen LogP contribution is -2.07. The molecule has 0 saturated carbocycles. The predicted octanol–water partition coefficient (Wildman–Crippen LogP) is 4.01. The summed E-state index contributed by atoms with van der Waals surface area (Å²) in [5, 5.41) is 14.0. The van der Waals surface area contributed by atoms with Gasteiger partial charge < -0.3 is 5.11 Å². The van der Waals surface area contributed by atoms with Gasteiger partial charge in [-0.3, -0.25) is 0 Å². The Morgan fingerprint density at radius 1 is 1.22 bits per heavy atom. The van der Waals surface area contributed by atoms with Crippen molar-refractivity contribution in [3.8, 4) is 16.1 Å². The van der Waals surface area contributed by atoms with Crippen molar-refractivity contribution in [2.45, 2.75) is 26.7 Å². The molecule has 116 valence electrons. The fourth-order valence-corrected chi connectivity index (χ4v) is 4.35. The number of hydrogen-bond acceptors (Lipinski definition) is 3. The zero-order valence-corrected chi connectivity index (χ0v) is 13.8. The first-order valence-corrected chi connectivity index (χ1v) is 8.38. The fourth-order valence-electron chi connectivity index (χ4n) is 3.19. The first-order chi connectivity index (χ1) is 11.0. The maximum atomic E-state index is 11.3. The predicted molar refractivity (Wildman–Crippen MR) is 90.7 cm³/mol. The van der Waals surface area contributed by atoms with E-state index in [1.807, 2.05) is 17.7 Å². The van der Waals surface area contributed by atoms with Crippen molar-refractivity contribution in [2.24, 2.45) is 0 Å². The van der Waals surface area contributed by atoms with E-state index in [1.54, 1.807) is 0 Å². The molecule has 4 rings (SSSR count). The number of benzene rings is 1. The monoisotopic (exact) mass is 324 g/mol. The Balaban J connectivity index is 1.89. The highest BCUT2D eigenvalue weighted by Crippen LogP contribution is 2.42. The number of aryl methyl sites for hydroxylation is 3. The van der Waals surface area contributed by atoms with Crippen LogP contribution in [0.1, 0.15) is 32.2 Å². The lowest BCUT2D eigenvalue weighted by Gasteiger charge is -2.15. The van der Waals surface area contributed by atoms with Crippen LogP contribution >= 0.6 is 11.3 Å². The van der Waals surface area contributed by atoms with Gasteiger partial charge >= 0.3 is 5.97 Å². The average molecular weight is 324 g/mol. The van der Waals surface area contributed by atoms with E-state index in [-0.39, 0.29) is 0 Å². The highest BCUT2D eigenvalue weighted by molar-refractivity contribution is 7.17. The fraction of sp³-hybridized carbons (Fsp3) is 0.222. The zero-order valence-electron chi connectivity index (χ0n) is 13.0. The van der Waals surface area contributed by atoms with E-state index in [9.17, 15) is 9.90 Å². The van der Waals surface area contributed by atoms with Crippen LogP contribution in [0, 0.1) is 13.8 Å². The Labute approximate surface area is 138 Å². The summed E-state index contributed by atoms with van der Waals surface area (Å²) in [6.45, 7) is 4.07. The molecule has 0 fully saturated rings. The second-order valence-corrected chi connectivity index (χ2v) is 6.98. The highest BCUT2D eigenvalue weighted by atomic mass is 32.1. The van der Waals surface area contributed by atoms with Crippen molar-refractivity contribution in [1.82, 2.24) is 9.78 Å². The van der Waals surface area contributed by atoms with Crippen LogP contribution in [0.15, 0.2) is 30.3 Å². The first-order valence-electron chi connectivity index (χ1n) is 7.56. The summed E-state index contributed by atoms with van der Waals surface area (Å²) < 4.78 is 2.01. The van der Waals surface area contributed by atoms with Crippen LogP contribution in [0.4, 0.5) is 0 Å². The molecule has 1 aliphatic carbocycles. The van der Waals surface area contributed by atoms with E-state index in [1.165, 1.54) is 22.6 Å². The highest BCUT2D eigenvalue weighted by Gasteiger charge is 2.27. The number of hydrogen-bond donors (Lipinski definition) is 1. The standard InChI is InChI=1S/C18H16N2O2S/c1-10-3-6-13(7-4-10)20-14-8-5-12-9-15(18(21)22)23-17(12)16(14)11(2)19-20/h3-4,6-7,9H,5,8H2,1-2H3,(H,21,22). The Bertz CT molecular complexity index is 919. The molecule has 0 aliphatic heterocycles. The molecule has 0 bridgehead atoms. The van der Waals surface area contributed by atoms with Crippen LogP contribution in [-0.2, 0) is 12.8 Å². The summed E-state index contributed by atoms with van der Waals surface area (Å²) in [5.41, 5.74) is 6.66. The maximum absolute atomic E-state index is 11.3. The second-order valence-electron chi connectivity index (χ2n) is 5.92. The van der Waals surface area contributed by atoms with E-state index in [0.717, 1.165) is 40.2 Å². The molecule has 1 N–H and O–H groups in total. The number of carboxylic acids is 1. The van der Waals surface area contributed by atoms with Crippen LogP contribution in [0.2, 0.25) is 0 Å². The van der Waals surface area contributed by atoms with Gasteiger partial charge in [-0.2, -0.15) is 5.10 Å². The average Bonchev–Trinajstić information content (AvgIpc) is 3.09. The third kappa shape index (κ3) is 2.19. The minimum atomic E-state index is -0.852. The van der Waals surface area contributed by atoms with Crippen LogP contribution in [0.5, 0.6) is 0 Å². The Hall–Kier alpha value is -2.40. The molecule has 1 aromatic carbocycles. The van der Waals surface area contributed by atoms with Gasteiger partial charge in [0.2, 0.25) is 0 Å². The van der Waals surface area contributed by atoms with Crippen molar-refractivity contribution in [3.63, 3.8) is 0 Å². The van der Waals surface area contributed by atoms with Gasteiger partial charge in [-0.25, -0.2) is 9.48 Å². The number of fused-ring (bicyclic) bond motifs is 3. The van der Waals surface area contributed by atoms with Gasteiger partial charge in [0.15, 0.2) is 0 Å². The molecule has 1 aliphatic rings. The zero-order chi connectivity index (χ0) is 16.1. The summed E-state index contributed by atoms with van der Waals surface area (Å²) in [6.07, 6.45) is 1.75. The Morgan fingerprint density at radius 3 is 2.65 bits per heavy atom. The summed E-state index contributed by atoms with van der Waals surface area (Å²) in [6, 6.07) is 10.1. The van der Waals surface area contributed by atoms with E-state index in [0.29, 0.717) is 4.88 Å². The first kappa shape index (κ1) is 14.2. The molecule has 0 atom stereocenters. The summed E-state index contributed by atoms with van der Waals surface area (Å²) >= 11 is 1.36. The van der Waals surface area contributed by atoms with Gasteiger partial charge in [0.05, 0.1) is 17.1 Å². The van der Waals surface area contributed by atoms with Crippen LogP contribution in [0.3, 0.4) is 0 Å². The second kappa shape index (κ2) is 5.06. The summed E-state index contributed by atoms with van der Waals surface area (Å²) in [5.74, 6) is -0.852. The SMILES string of the molecule is Cc1ccc(-n2nc(C)c3c2CCc2cc(C(=O)O)sc2-3)cc1. The molecule has 3 aromatic rings. The molecule has 2 aromatic heterocycles. The van der Waals surface area contributed by atoms with Crippen molar-refractivity contribution < 1.29 is 9.90 Å². The molecule has 2 heterocycles. The van der Waals surface area contributed by atoms with E-state index in [2.05, 4.69) is 31.2 Å². The lowest BCUT2D eigenvalue weighted by atomic mass is 9.95. The molecule has 0 saturated heterocycles. The lowest BCUT2D eigenvalue weighted by molar-refractivity contribution is 0.0702. The largest absolute Gasteiger partial charge is 0.477 e. The third-order valence-corrected chi connectivity index (χ3v) is 5.50. The molecule has 0 radical (unpaired) electrons. The van der Waals surface area contributed by atoms with Crippen molar-refractivity contribution in [3.05, 3.63) is 57.7 Å². The molecule has 0 unspecified atom stereocenters. The molecule has 4 nitrogen and oxygen atoms in total. The van der Waals surface area contributed by atoms with E-state index < -0.39 is 5.97 Å². The van der Waals surface area contributed by atoms with E-state index in [4.69, 9.17) is 5.10 Å². The number of aromatic carboxylic acids is 1. The Kier molecular flexibility index (Phi) is 3.13. The number of nitrogens with zero attached hydrogens (tertiary/aromatic N) is 2. The van der Waals surface area contributed by atoms with Gasteiger partial charge in [-0.15, -0.1) is 11.3 Å². The van der Waals surface area contributed by atoms with Crippen molar-refractivity contribution in [1.29, 1.82) is 0 Å². The van der Waals surface area contributed by atoms with Gasteiger partial charge in [0, 0.05) is 10.4 Å². The molecule has 23 heavy (non-hydrogen) atoms. The van der Waals surface area contributed by atoms with Gasteiger partial charge in [-0.05, 0) is 50.5 Å². The van der Waals surface area contributed by atoms with Crippen LogP contribution in [-0.4, -0.2) is 20.9 Å². The van der Waals surface area contributed by atoms with Gasteiger partial charge in [0.1, 0.15) is 4.88 Å². The van der Waals surface area contributed by atoms with Gasteiger partial charge in [-0.1, -0.05) is 17.7 Å².